The number of benzene rings is 2. The number of nitrogens with zero attached hydrogens (tertiary/aromatic N) is 1. The summed E-state index contributed by atoms with van der Waals surface area (Å²) in [5, 5.41) is 4.04. The summed E-state index contributed by atoms with van der Waals surface area (Å²) in [5.41, 5.74) is 9.63. The number of nitrogen functional groups attached to an aromatic ring is 1. The number of halogens is 2. The molecule has 21 heavy (non-hydrogen) atoms. The zero-order valence-electron chi connectivity index (χ0n) is 11.2. The second-order valence-corrected chi connectivity index (χ2v) is 5.51. The zero-order valence-corrected chi connectivity index (χ0v) is 12.8. The average Bonchev–Trinajstić information content (AvgIpc) is 2.83. The van der Waals surface area contributed by atoms with Gasteiger partial charge in [0.15, 0.2) is 0 Å². The van der Waals surface area contributed by atoms with Gasteiger partial charge >= 0.3 is 0 Å². The fraction of sp³-hybridized carbons (Fsp3) is 0.0625. The Morgan fingerprint density at radius 1 is 1.19 bits per heavy atom. The van der Waals surface area contributed by atoms with Crippen molar-refractivity contribution >= 4 is 21.8 Å². The molecule has 0 atom stereocenters. The van der Waals surface area contributed by atoms with Crippen molar-refractivity contribution in [2.45, 2.75) is 6.92 Å². The third-order valence-corrected chi connectivity index (χ3v) is 4.33. The van der Waals surface area contributed by atoms with Crippen molar-refractivity contribution in [1.82, 2.24) is 5.16 Å². The molecule has 5 heteroatoms. The minimum Gasteiger partial charge on any atom is -0.367 e. The van der Waals surface area contributed by atoms with E-state index in [-0.39, 0.29) is 11.7 Å². The lowest BCUT2D eigenvalue weighted by Crippen LogP contribution is -1.90. The van der Waals surface area contributed by atoms with E-state index >= 15 is 0 Å². The van der Waals surface area contributed by atoms with Crippen LogP contribution < -0.4 is 5.73 Å². The van der Waals surface area contributed by atoms with Gasteiger partial charge in [-0.3, -0.25) is 0 Å². The number of aromatic nitrogens is 1. The Bertz CT molecular complexity index is 814. The molecule has 1 aromatic heterocycles. The fourth-order valence-electron chi connectivity index (χ4n) is 2.24. The van der Waals surface area contributed by atoms with Gasteiger partial charge in [0.2, 0.25) is 5.88 Å². The van der Waals surface area contributed by atoms with Gasteiger partial charge in [-0.2, -0.15) is 0 Å². The number of hydrogen-bond acceptors (Lipinski definition) is 3. The minimum atomic E-state index is -0.331. The van der Waals surface area contributed by atoms with Gasteiger partial charge in [0.25, 0.3) is 0 Å². The van der Waals surface area contributed by atoms with E-state index in [9.17, 15) is 4.39 Å². The predicted molar refractivity (Wildman–Crippen MR) is 84.2 cm³/mol. The molecule has 1 heterocycles. The van der Waals surface area contributed by atoms with Crippen molar-refractivity contribution in [3.63, 3.8) is 0 Å². The minimum absolute atomic E-state index is 0.170. The van der Waals surface area contributed by atoms with E-state index in [4.69, 9.17) is 10.3 Å². The van der Waals surface area contributed by atoms with Crippen molar-refractivity contribution in [1.29, 1.82) is 0 Å². The molecule has 3 aromatic rings. The van der Waals surface area contributed by atoms with Gasteiger partial charge in [-0.15, -0.1) is 0 Å². The second kappa shape index (κ2) is 5.33. The molecule has 0 radical (unpaired) electrons. The van der Waals surface area contributed by atoms with Crippen molar-refractivity contribution in [2.24, 2.45) is 0 Å². The van der Waals surface area contributed by atoms with Crippen LogP contribution >= 0.6 is 15.9 Å². The molecule has 0 fully saturated rings. The van der Waals surface area contributed by atoms with Gasteiger partial charge in [-0.25, -0.2) is 4.39 Å². The Balaban J connectivity index is 2.24. The molecule has 3 nitrogen and oxygen atoms in total. The molecule has 0 bridgehead atoms. The number of aryl methyl sites for hydroxylation is 1. The molecule has 0 spiro atoms. The van der Waals surface area contributed by atoms with Gasteiger partial charge in [0, 0.05) is 10.0 Å². The fourth-order valence-corrected chi connectivity index (χ4v) is 2.69. The van der Waals surface area contributed by atoms with Gasteiger partial charge < -0.3 is 10.3 Å². The van der Waals surface area contributed by atoms with Crippen molar-refractivity contribution < 1.29 is 8.91 Å². The molecule has 2 aromatic carbocycles. The second-order valence-electron chi connectivity index (χ2n) is 4.72. The molecule has 0 aliphatic rings. The van der Waals surface area contributed by atoms with Crippen LogP contribution in [0.15, 0.2) is 51.5 Å². The van der Waals surface area contributed by atoms with Crippen molar-refractivity contribution in [3.05, 3.63) is 58.3 Å². The quantitative estimate of drug-likeness (QED) is 0.724. The number of rotatable bonds is 2. The third-order valence-electron chi connectivity index (χ3n) is 3.28. The molecule has 0 saturated carbocycles. The average molecular weight is 347 g/mol. The predicted octanol–water partition coefficient (Wildman–Crippen LogP) is 4.80. The Morgan fingerprint density at radius 2 is 1.95 bits per heavy atom. The summed E-state index contributed by atoms with van der Waals surface area (Å²) in [4.78, 5) is 0. The summed E-state index contributed by atoms with van der Waals surface area (Å²) in [5.74, 6) is -0.161. The van der Waals surface area contributed by atoms with E-state index in [0.29, 0.717) is 16.8 Å². The van der Waals surface area contributed by atoms with E-state index in [1.54, 1.807) is 12.1 Å². The van der Waals surface area contributed by atoms with E-state index in [1.165, 1.54) is 12.1 Å². The lowest BCUT2D eigenvalue weighted by molar-refractivity contribution is 0.439. The van der Waals surface area contributed by atoms with Crippen LogP contribution in [0.5, 0.6) is 0 Å². The first kappa shape index (κ1) is 13.8. The lowest BCUT2D eigenvalue weighted by Gasteiger charge is -2.07. The van der Waals surface area contributed by atoms with Gasteiger partial charge in [-0.1, -0.05) is 35.5 Å². The van der Waals surface area contributed by atoms with Crippen LogP contribution in [0.25, 0.3) is 22.4 Å². The Labute approximate surface area is 129 Å². The highest BCUT2D eigenvalue weighted by Gasteiger charge is 2.20. The highest BCUT2D eigenvalue weighted by atomic mass is 79.9. The molecular weight excluding hydrogens is 335 g/mol. The number of nitrogens with two attached hydrogens (primary N) is 1. The van der Waals surface area contributed by atoms with Crippen LogP contribution in [-0.4, -0.2) is 5.16 Å². The van der Waals surface area contributed by atoms with Crippen LogP contribution in [0, 0.1) is 12.7 Å². The Morgan fingerprint density at radius 3 is 2.71 bits per heavy atom. The molecule has 0 aliphatic heterocycles. The van der Waals surface area contributed by atoms with E-state index in [0.717, 1.165) is 15.6 Å². The summed E-state index contributed by atoms with van der Waals surface area (Å²) in [6.07, 6.45) is 0. The van der Waals surface area contributed by atoms with Crippen LogP contribution in [0.3, 0.4) is 0 Å². The topological polar surface area (TPSA) is 52.0 Å². The Hall–Kier alpha value is -2.14. The summed E-state index contributed by atoms with van der Waals surface area (Å²) >= 11 is 3.55. The largest absolute Gasteiger partial charge is 0.367 e. The first-order valence-corrected chi connectivity index (χ1v) is 7.14. The van der Waals surface area contributed by atoms with E-state index < -0.39 is 0 Å². The van der Waals surface area contributed by atoms with Gasteiger partial charge in [0.1, 0.15) is 11.5 Å². The molecule has 0 amide bonds. The summed E-state index contributed by atoms with van der Waals surface area (Å²) in [6.45, 7) is 1.99. The summed E-state index contributed by atoms with van der Waals surface area (Å²) < 4.78 is 19.5. The highest BCUT2D eigenvalue weighted by molar-refractivity contribution is 9.10. The smallest absolute Gasteiger partial charge is 0.230 e. The van der Waals surface area contributed by atoms with Crippen molar-refractivity contribution in [3.8, 4) is 22.4 Å². The summed E-state index contributed by atoms with van der Waals surface area (Å²) in [6, 6.07) is 12.0. The maximum absolute atomic E-state index is 13.5. The molecule has 3 rings (SSSR count). The van der Waals surface area contributed by atoms with Crippen LogP contribution in [-0.2, 0) is 0 Å². The third kappa shape index (κ3) is 2.45. The monoisotopic (exact) mass is 346 g/mol. The molecule has 0 aliphatic carbocycles. The number of hydrogen-bond donors (Lipinski definition) is 1. The molecular formula is C16H12BrFN2O. The molecule has 0 saturated heterocycles. The molecule has 106 valence electrons. The first-order valence-electron chi connectivity index (χ1n) is 6.34. The summed E-state index contributed by atoms with van der Waals surface area (Å²) in [7, 11) is 0. The molecule has 0 unspecified atom stereocenters. The maximum Gasteiger partial charge on any atom is 0.230 e. The normalized spacial score (nSPS) is 10.8. The zero-order chi connectivity index (χ0) is 15.0. The van der Waals surface area contributed by atoms with Crippen LogP contribution in [0.4, 0.5) is 10.3 Å². The first-order chi connectivity index (χ1) is 10.1. The Kier molecular flexibility index (Phi) is 3.51. The van der Waals surface area contributed by atoms with Gasteiger partial charge in [0.05, 0.1) is 5.56 Å². The maximum atomic E-state index is 13.5. The van der Waals surface area contributed by atoms with Gasteiger partial charge in [-0.05, 0) is 46.1 Å². The SMILES string of the molecule is Cc1cccc(-c2noc(N)c2-c2cccc(F)c2)c1Br. The van der Waals surface area contributed by atoms with Crippen molar-refractivity contribution in [2.75, 3.05) is 5.73 Å². The van der Waals surface area contributed by atoms with E-state index in [2.05, 4.69) is 21.1 Å². The standard InChI is InChI=1S/C16H12BrFN2O/c1-9-4-2-7-12(14(9)17)15-13(16(19)21-20-15)10-5-3-6-11(18)8-10/h2-8H,19H2,1H3. The molecule has 2 N–H and O–H groups in total. The highest BCUT2D eigenvalue weighted by Crippen LogP contribution is 2.39. The van der Waals surface area contributed by atoms with E-state index in [1.807, 2.05) is 25.1 Å². The lowest BCUT2D eigenvalue weighted by atomic mass is 10.00. The van der Waals surface area contributed by atoms with Crippen LogP contribution in [0.2, 0.25) is 0 Å². The van der Waals surface area contributed by atoms with Crippen LogP contribution in [0.1, 0.15) is 5.56 Å². The number of anilines is 1.